The second-order valence-corrected chi connectivity index (χ2v) is 7.73. The van der Waals surface area contributed by atoms with Crippen LogP contribution in [0.1, 0.15) is 52.9 Å². The summed E-state index contributed by atoms with van der Waals surface area (Å²) < 4.78 is 0. The Morgan fingerprint density at radius 2 is 2.05 bits per heavy atom. The second-order valence-electron chi connectivity index (χ2n) is 7.73. The lowest BCUT2D eigenvalue weighted by Gasteiger charge is -2.40. The number of nitrogens with zero attached hydrogens (tertiary/aromatic N) is 1. The molecule has 0 amide bonds. The number of hydrogen-bond donors (Lipinski definition) is 2. The maximum Gasteiger partial charge on any atom is 0.0471 e. The predicted molar refractivity (Wildman–Crippen MR) is 89.4 cm³/mol. The molecule has 4 unspecified atom stereocenters. The van der Waals surface area contributed by atoms with Gasteiger partial charge in [0.1, 0.15) is 0 Å². The van der Waals surface area contributed by atoms with Gasteiger partial charge in [-0.15, -0.1) is 0 Å². The van der Waals surface area contributed by atoms with Crippen molar-refractivity contribution in [2.45, 2.75) is 58.9 Å². The van der Waals surface area contributed by atoms with Gasteiger partial charge < -0.3 is 15.3 Å². The summed E-state index contributed by atoms with van der Waals surface area (Å²) >= 11 is 0. The second kappa shape index (κ2) is 8.50. The molecule has 1 aliphatic carbocycles. The molecule has 21 heavy (non-hydrogen) atoms. The lowest BCUT2D eigenvalue weighted by atomic mass is 9.73. The molecule has 4 atom stereocenters. The van der Waals surface area contributed by atoms with Crippen LogP contribution in [0.4, 0.5) is 0 Å². The van der Waals surface area contributed by atoms with E-state index in [1.807, 2.05) is 0 Å². The van der Waals surface area contributed by atoms with Gasteiger partial charge in [-0.05, 0) is 68.9 Å². The Balaban J connectivity index is 1.89. The van der Waals surface area contributed by atoms with Crippen molar-refractivity contribution in [2.24, 2.45) is 23.7 Å². The minimum Gasteiger partial charge on any atom is -0.396 e. The Morgan fingerprint density at radius 1 is 1.24 bits per heavy atom. The molecule has 1 heterocycles. The smallest absolute Gasteiger partial charge is 0.0471 e. The minimum atomic E-state index is 0.368. The highest BCUT2D eigenvalue weighted by molar-refractivity contribution is 4.89. The van der Waals surface area contributed by atoms with E-state index in [0.717, 1.165) is 30.8 Å². The first-order valence-corrected chi connectivity index (χ1v) is 9.20. The monoisotopic (exact) mass is 296 g/mol. The van der Waals surface area contributed by atoms with Gasteiger partial charge in [-0.3, -0.25) is 0 Å². The van der Waals surface area contributed by atoms with Gasteiger partial charge in [0.15, 0.2) is 0 Å². The van der Waals surface area contributed by atoms with Crippen LogP contribution in [-0.2, 0) is 0 Å². The quantitative estimate of drug-likeness (QED) is 0.758. The van der Waals surface area contributed by atoms with E-state index >= 15 is 0 Å². The van der Waals surface area contributed by atoms with Crippen molar-refractivity contribution in [3.05, 3.63) is 0 Å². The van der Waals surface area contributed by atoms with E-state index in [1.54, 1.807) is 0 Å². The SMILES string of the molecule is CCCNC1CCC(C(C)C)CC1CN1CCC(CO)C1. The molecule has 0 aromatic heterocycles. The Bertz CT molecular complexity index is 295. The van der Waals surface area contributed by atoms with E-state index in [1.165, 1.54) is 45.2 Å². The van der Waals surface area contributed by atoms with Gasteiger partial charge >= 0.3 is 0 Å². The van der Waals surface area contributed by atoms with Crippen molar-refractivity contribution in [3.8, 4) is 0 Å². The summed E-state index contributed by atoms with van der Waals surface area (Å²) in [6, 6.07) is 0.716. The summed E-state index contributed by atoms with van der Waals surface area (Å²) in [5, 5.41) is 13.1. The fraction of sp³-hybridized carbons (Fsp3) is 1.00. The average molecular weight is 296 g/mol. The highest BCUT2D eigenvalue weighted by Crippen LogP contribution is 2.35. The molecule has 2 rings (SSSR count). The van der Waals surface area contributed by atoms with Crippen molar-refractivity contribution in [1.82, 2.24) is 10.2 Å². The molecule has 0 bridgehead atoms. The molecule has 0 radical (unpaired) electrons. The molecule has 0 aromatic rings. The van der Waals surface area contributed by atoms with Crippen molar-refractivity contribution in [3.63, 3.8) is 0 Å². The number of aliphatic hydroxyl groups excluding tert-OH is 1. The van der Waals surface area contributed by atoms with Gasteiger partial charge in [-0.25, -0.2) is 0 Å². The van der Waals surface area contributed by atoms with E-state index in [4.69, 9.17) is 0 Å². The van der Waals surface area contributed by atoms with Gasteiger partial charge in [-0.1, -0.05) is 20.8 Å². The van der Waals surface area contributed by atoms with Crippen molar-refractivity contribution < 1.29 is 5.11 Å². The van der Waals surface area contributed by atoms with Crippen molar-refractivity contribution >= 4 is 0 Å². The van der Waals surface area contributed by atoms with Crippen LogP contribution in [0.3, 0.4) is 0 Å². The Labute approximate surface area is 131 Å². The normalized spacial score (nSPS) is 34.7. The van der Waals surface area contributed by atoms with E-state index in [0.29, 0.717) is 18.6 Å². The summed E-state index contributed by atoms with van der Waals surface area (Å²) in [5.74, 6) is 3.06. The summed E-state index contributed by atoms with van der Waals surface area (Å²) in [7, 11) is 0. The third-order valence-corrected chi connectivity index (χ3v) is 5.74. The third kappa shape index (κ3) is 4.94. The lowest BCUT2D eigenvalue weighted by molar-refractivity contribution is 0.127. The molecular weight excluding hydrogens is 260 g/mol. The Morgan fingerprint density at radius 3 is 2.67 bits per heavy atom. The molecule has 2 fully saturated rings. The zero-order valence-electron chi connectivity index (χ0n) is 14.4. The number of nitrogens with one attached hydrogen (secondary N) is 1. The molecule has 0 aromatic carbocycles. The topological polar surface area (TPSA) is 35.5 Å². The first-order valence-electron chi connectivity index (χ1n) is 9.20. The van der Waals surface area contributed by atoms with Crippen molar-refractivity contribution in [2.75, 3.05) is 32.8 Å². The largest absolute Gasteiger partial charge is 0.396 e. The number of rotatable bonds is 7. The lowest BCUT2D eigenvalue weighted by Crippen LogP contribution is -2.46. The van der Waals surface area contributed by atoms with Crippen LogP contribution in [0.25, 0.3) is 0 Å². The summed E-state index contributed by atoms with van der Waals surface area (Å²) in [6.07, 6.45) is 6.55. The van der Waals surface area contributed by atoms with E-state index in [9.17, 15) is 5.11 Å². The minimum absolute atomic E-state index is 0.368. The van der Waals surface area contributed by atoms with Gasteiger partial charge in [0.25, 0.3) is 0 Å². The molecule has 124 valence electrons. The van der Waals surface area contributed by atoms with Crippen LogP contribution >= 0.6 is 0 Å². The summed E-state index contributed by atoms with van der Waals surface area (Å²) in [6.45, 7) is 12.1. The third-order valence-electron chi connectivity index (χ3n) is 5.74. The zero-order chi connectivity index (χ0) is 15.2. The fourth-order valence-electron chi connectivity index (χ4n) is 4.27. The van der Waals surface area contributed by atoms with Crippen LogP contribution in [-0.4, -0.2) is 48.8 Å². The van der Waals surface area contributed by atoms with Crippen LogP contribution in [0.15, 0.2) is 0 Å². The maximum atomic E-state index is 9.33. The first-order chi connectivity index (χ1) is 10.1. The standard InChI is InChI=1S/C18H36N2O/c1-4-8-19-18-6-5-16(14(2)3)10-17(18)12-20-9-7-15(11-20)13-21/h14-19,21H,4-13H2,1-3H3. The summed E-state index contributed by atoms with van der Waals surface area (Å²) in [4.78, 5) is 2.61. The van der Waals surface area contributed by atoms with Crippen LogP contribution in [0, 0.1) is 23.7 Å². The fourth-order valence-corrected chi connectivity index (χ4v) is 4.27. The Kier molecular flexibility index (Phi) is 6.97. The average Bonchev–Trinajstić information content (AvgIpc) is 2.93. The number of hydrogen-bond acceptors (Lipinski definition) is 3. The van der Waals surface area contributed by atoms with Gasteiger partial charge in [0.2, 0.25) is 0 Å². The molecule has 1 aliphatic heterocycles. The zero-order valence-corrected chi connectivity index (χ0v) is 14.4. The molecule has 2 aliphatic rings. The maximum absolute atomic E-state index is 9.33. The highest BCUT2D eigenvalue weighted by Gasteiger charge is 2.34. The van der Waals surface area contributed by atoms with Gasteiger partial charge in [0, 0.05) is 25.7 Å². The van der Waals surface area contributed by atoms with E-state index in [-0.39, 0.29) is 0 Å². The number of likely N-dealkylation sites (tertiary alicyclic amines) is 1. The van der Waals surface area contributed by atoms with Crippen LogP contribution in [0.2, 0.25) is 0 Å². The van der Waals surface area contributed by atoms with E-state index < -0.39 is 0 Å². The molecule has 1 saturated carbocycles. The first kappa shape index (κ1) is 17.2. The predicted octanol–water partition coefficient (Wildman–Crippen LogP) is 2.74. The molecule has 0 spiro atoms. The highest BCUT2D eigenvalue weighted by atomic mass is 16.3. The van der Waals surface area contributed by atoms with Crippen LogP contribution < -0.4 is 5.32 Å². The van der Waals surface area contributed by atoms with Crippen molar-refractivity contribution in [1.29, 1.82) is 0 Å². The summed E-state index contributed by atoms with van der Waals surface area (Å²) in [5.41, 5.74) is 0. The van der Waals surface area contributed by atoms with Gasteiger partial charge in [0.05, 0.1) is 0 Å². The molecular formula is C18H36N2O. The molecule has 3 heteroatoms. The molecule has 2 N–H and O–H groups in total. The number of aliphatic hydroxyl groups is 1. The molecule has 3 nitrogen and oxygen atoms in total. The van der Waals surface area contributed by atoms with Gasteiger partial charge in [-0.2, -0.15) is 0 Å². The Hall–Kier alpha value is -0.120. The van der Waals surface area contributed by atoms with E-state index in [2.05, 4.69) is 31.0 Å². The molecule has 1 saturated heterocycles. The van der Waals surface area contributed by atoms with Crippen LogP contribution in [0.5, 0.6) is 0 Å².